The topological polar surface area (TPSA) is 105 Å². The molecule has 0 radical (unpaired) electrons. The number of morpholine rings is 1. The van der Waals surface area contributed by atoms with Crippen molar-refractivity contribution >= 4 is 35.5 Å². The van der Waals surface area contributed by atoms with Crippen LogP contribution in [0.15, 0.2) is 48.0 Å². The molecule has 2 saturated heterocycles. The predicted molar refractivity (Wildman–Crippen MR) is 124 cm³/mol. The molecule has 2 aromatic rings. The molecule has 9 heteroatoms. The van der Waals surface area contributed by atoms with Crippen LogP contribution in [0.2, 0.25) is 0 Å². The molecule has 0 aliphatic carbocycles. The number of anilines is 1. The second kappa shape index (κ2) is 9.88. The first kappa shape index (κ1) is 23.2. The molecule has 176 valence electrons. The number of nitrogens with one attached hydrogen (secondary N) is 1. The molecule has 9 nitrogen and oxygen atoms in total. The van der Waals surface area contributed by atoms with Crippen LogP contribution >= 0.6 is 0 Å². The van der Waals surface area contributed by atoms with Crippen molar-refractivity contribution in [2.24, 2.45) is 0 Å². The van der Waals surface area contributed by atoms with Crippen LogP contribution in [0.1, 0.15) is 16.7 Å². The van der Waals surface area contributed by atoms with Gasteiger partial charge in [-0.1, -0.05) is 24.3 Å². The van der Waals surface area contributed by atoms with E-state index in [2.05, 4.69) is 5.32 Å². The predicted octanol–water partition coefficient (Wildman–Crippen LogP) is 2.21. The molecule has 34 heavy (non-hydrogen) atoms. The van der Waals surface area contributed by atoms with Crippen molar-refractivity contribution in [3.8, 4) is 5.75 Å². The Morgan fingerprint density at radius 2 is 1.76 bits per heavy atom. The highest BCUT2D eigenvalue weighted by Crippen LogP contribution is 2.27. The van der Waals surface area contributed by atoms with Crippen LogP contribution in [0.25, 0.3) is 6.08 Å². The zero-order chi connectivity index (χ0) is 24.2. The van der Waals surface area contributed by atoms with Gasteiger partial charge in [-0.25, -0.2) is 9.69 Å². The molecule has 0 atom stereocenters. The SMILES string of the molecule is Cc1cccc(N2C(=O)NC(=O)/C(=C\c3ccc(OCC(=O)N4CCOCC4)cc3)C2=O)c1C. The van der Waals surface area contributed by atoms with E-state index in [9.17, 15) is 19.2 Å². The van der Waals surface area contributed by atoms with Crippen molar-refractivity contribution in [1.29, 1.82) is 0 Å². The highest BCUT2D eigenvalue weighted by atomic mass is 16.5. The molecular weight excluding hydrogens is 438 g/mol. The van der Waals surface area contributed by atoms with E-state index in [-0.39, 0.29) is 18.1 Å². The van der Waals surface area contributed by atoms with Gasteiger partial charge in [-0.05, 0) is 54.8 Å². The van der Waals surface area contributed by atoms with Crippen molar-refractivity contribution in [2.75, 3.05) is 37.8 Å². The molecule has 0 bridgehead atoms. The van der Waals surface area contributed by atoms with Crippen molar-refractivity contribution < 1.29 is 28.7 Å². The molecule has 2 aliphatic rings. The Balaban J connectivity index is 1.48. The van der Waals surface area contributed by atoms with Gasteiger partial charge in [0.25, 0.3) is 17.7 Å². The fraction of sp³-hybridized carbons (Fsp3) is 0.280. The second-order valence-electron chi connectivity index (χ2n) is 8.03. The molecule has 2 aromatic carbocycles. The molecule has 2 aliphatic heterocycles. The quantitative estimate of drug-likeness (QED) is 0.539. The summed E-state index contributed by atoms with van der Waals surface area (Å²) in [6, 6.07) is 11.1. The average molecular weight is 463 g/mol. The molecule has 2 fully saturated rings. The summed E-state index contributed by atoms with van der Waals surface area (Å²) in [5.74, 6) is -1.09. The van der Waals surface area contributed by atoms with Gasteiger partial charge in [-0.3, -0.25) is 19.7 Å². The molecule has 0 saturated carbocycles. The van der Waals surface area contributed by atoms with Crippen LogP contribution in [-0.4, -0.2) is 61.6 Å². The number of carbonyl (C=O) groups is 4. The highest BCUT2D eigenvalue weighted by Gasteiger charge is 2.37. The maximum absolute atomic E-state index is 13.1. The molecule has 1 N–H and O–H groups in total. The van der Waals surface area contributed by atoms with Crippen molar-refractivity contribution in [3.05, 3.63) is 64.7 Å². The fourth-order valence-corrected chi connectivity index (χ4v) is 3.73. The molecule has 4 rings (SSSR count). The summed E-state index contributed by atoms with van der Waals surface area (Å²) in [7, 11) is 0. The van der Waals surface area contributed by atoms with E-state index < -0.39 is 17.8 Å². The van der Waals surface area contributed by atoms with Crippen LogP contribution in [-0.2, 0) is 19.1 Å². The third kappa shape index (κ3) is 4.84. The number of barbiturate groups is 1. The second-order valence-corrected chi connectivity index (χ2v) is 8.03. The van der Waals surface area contributed by atoms with Crippen molar-refractivity contribution in [1.82, 2.24) is 10.2 Å². The first-order valence-electron chi connectivity index (χ1n) is 10.9. The first-order chi connectivity index (χ1) is 16.3. The van der Waals surface area contributed by atoms with Crippen molar-refractivity contribution in [3.63, 3.8) is 0 Å². The molecule has 5 amide bonds. The largest absolute Gasteiger partial charge is 0.484 e. The van der Waals surface area contributed by atoms with Gasteiger partial charge >= 0.3 is 6.03 Å². The standard InChI is InChI=1S/C25H25N3O6/c1-16-4-3-5-21(17(16)2)28-24(31)20(23(30)26-25(28)32)14-18-6-8-19(9-7-18)34-15-22(29)27-10-12-33-13-11-27/h3-9,14H,10-13,15H2,1-2H3,(H,26,30,32)/b20-14+. The summed E-state index contributed by atoms with van der Waals surface area (Å²) >= 11 is 0. The van der Waals surface area contributed by atoms with Crippen LogP contribution in [0, 0.1) is 13.8 Å². The lowest BCUT2D eigenvalue weighted by Gasteiger charge is -2.28. The molecular formula is C25H25N3O6. The Morgan fingerprint density at radius 3 is 2.47 bits per heavy atom. The van der Waals surface area contributed by atoms with Crippen LogP contribution in [0.4, 0.5) is 10.5 Å². The van der Waals surface area contributed by atoms with E-state index in [0.717, 1.165) is 16.0 Å². The number of carbonyl (C=O) groups excluding carboxylic acids is 4. The zero-order valence-corrected chi connectivity index (χ0v) is 19.0. The number of amides is 5. The minimum atomic E-state index is -0.783. The Bertz CT molecular complexity index is 1170. The molecule has 0 unspecified atom stereocenters. The summed E-state index contributed by atoms with van der Waals surface area (Å²) in [5, 5.41) is 2.23. The van der Waals surface area contributed by atoms with E-state index in [1.165, 1.54) is 6.08 Å². The lowest BCUT2D eigenvalue weighted by molar-refractivity contribution is -0.137. The van der Waals surface area contributed by atoms with Gasteiger partial charge < -0.3 is 14.4 Å². The Morgan fingerprint density at radius 1 is 1.06 bits per heavy atom. The third-order valence-electron chi connectivity index (χ3n) is 5.84. The van der Waals surface area contributed by atoms with Gasteiger partial charge in [0.1, 0.15) is 11.3 Å². The van der Waals surface area contributed by atoms with Gasteiger partial charge in [0.15, 0.2) is 6.61 Å². The third-order valence-corrected chi connectivity index (χ3v) is 5.84. The van der Waals surface area contributed by atoms with Crippen LogP contribution in [0.5, 0.6) is 5.75 Å². The number of benzene rings is 2. The monoisotopic (exact) mass is 463 g/mol. The summed E-state index contributed by atoms with van der Waals surface area (Å²) in [5.41, 5.74) is 2.53. The maximum Gasteiger partial charge on any atom is 0.335 e. The number of nitrogens with zero attached hydrogens (tertiary/aromatic N) is 2. The van der Waals surface area contributed by atoms with Gasteiger partial charge in [-0.15, -0.1) is 0 Å². The van der Waals surface area contributed by atoms with Gasteiger partial charge in [-0.2, -0.15) is 0 Å². The zero-order valence-electron chi connectivity index (χ0n) is 19.0. The van der Waals surface area contributed by atoms with E-state index in [1.807, 2.05) is 19.9 Å². The summed E-state index contributed by atoms with van der Waals surface area (Å²) in [4.78, 5) is 52.9. The maximum atomic E-state index is 13.1. The number of rotatable bonds is 5. The number of imide groups is 2. The number of aryl methyl sites for hydroxylation is 1. The van der Waals surface area contributed by atoms with Crippen LogP contribution in [0.3, 0.4) is 0 Å². The number of urea groups is 1. The summed E-state index contributed by atoms with van der Waals surface area (Å²) in [6.07, 6.45) is 1.42. The normalized spacial score (nSPS) is 17.7. The van der Waals surface area contributed by atoms with E-state index >= 15 is 0 Å². The van der Waals surface area contributed by atoms with E-state index in [4.69, 9.17) is 9.47 Å². The van der Waals surface area contributed by atoms with E-state index in [0.29, 0.717) is 43.3 Å². The lowest BCUT2D eigenvalue weighted by Crippen LogP contribution is -2.54. The first-order valence-corrected chi connectivity index (χ1v) is 10.9. The van der Waals surface area contributed by atoms with Gasteiger partial charge in [0, 0.05) is 13.1 Å². The fourth-order valence-electron chi connectivity index (χ4n) is 3.73. The van der Waals surface area contributed by atoms with Crippen molar-refractivity contribution in [2.45, 2.75) is 13.8 Å². The number of hydrogen-bond acceptors (Lipinski definition) is 6. The number of hydrogen-bond donors (Lipinski definition) is 1. The Kier molecular flexibility index (Phi) is 6.74. The summed E-state index contributed by atoms with van der Waals surface area (Å²) < 4.78 is 10.8. The minimum Gasteiger partial charge on any atom is -0.484 e. The van der Waals surface area contributed by atoms with Crippen LogP contribution < -0.4 is 15.0 Å². The van der Waals surface area contributed by atoms with E-state index in [1.54, 1.807) is 41.3 Å². The smallest absolute Gasteiger partial charge is 0.335 e. The van der Waals surface area contributed by atoms with Gasteiger partial charge in [0.05, 0.1) is 18.9 Å². The Labute approximate surface area is 196 Å². The molecule has 0 spiro atoms. The summed E-state index contributed by atoms with van der Waals surface area (Å²) in [6.45, 7) is 5.74. The Hall–Kier alpha value is -3.98. The van der Waals surface area contributed by atoms with Gasteiger partial charge in [0.2, 0.25) is 0 Å². The molecule has 2 heterocycles. The highest BCUT2D eigenvalue weighted by molar-refractivity contribution is 6.39. The number of ether oxygens (including phenoxy) is 2. The lowest BCUT2D eigenvalue weighted by atomic mass is 10.0. The minimum absolute atomic E-state index is 0.0890. The average Bonchev–Trinajstić information content (AvgIpc) is 2.84. The molecule has 0 aromatic heterocycles.